The van der Waals surface area contributed by atoms with Gasteiger partial charge in [0.15, 0.2) is 0 Å². The summed E-state index contributed by atoms with van der Waals surface area (Å²) in [4.78, 5) is 22.0. The third-order valence-corrected chi connectivity index (χ3v) is 3.29. The molecule has 2 amide bonds. The highest BCUT2D eigenvalue weighted by atomic mass is 16.6. The number of carbonyl (C=O) groups is 1. The van der Waals surface area contributed by atoms with Gasteiger partial charge in [-0.05, 0) is 11.1 Å². The molecule has 0 aliphatic heterocycles. The topological polar surface area (TPSA) is 104 Å². The lowest BCUT2D eigenvalue weighted by Crippen LogP contribution is -2.38. The van der Waals surface area contributed by atoms with Crippen molar-refractivity contribution in [3.63, 3.8) is 0 Å². The second kappa shape index (κ2) is 7.90. The molecule has 0 unspecified atom stereocenters. The number of nitrogens with zero attached hydrogens (tertiary/aromatic N) is 1. The summed E-state index contributed by atoms with van der Waals surface area (Å²) >= 11 is 0. The van der Waals surface area contributed by atoms with Gasteiger partial charge >= 0.3 is 6.03 Å². The average molecular weight is 315 g/mol. The maximum atomic E-state index is 11.9. The van der Waals surface area contributed by atoms with Gasteiger partial charge in [0.05, 0.1) is 17.6 Å². The molecular formula is C16H17N3O4. The molecule has 0 saturated heterocycles. The van der Waals surface area contributed by atoms with Gasteiger partial charge in [0.1, 0.15) is 0 Å². The first-order valence-corrected chi connectivity index (χ1v) is 7.03. The number of rotatable bonds is 6. The standard InChI is InChI=1S/C16H17N3O4/c20-11-15(13-4-2-1-3-5-13)18-16(21)17-10-12-6-8-14(9-7-12)19(22)23/h1-9,15,20H,10-11H2,(H2,17,18,21)/t15-/m1/s1. The molecular weight excluding hydrogens is 298 g/mol. The first-order valence-electron chi connectivity index (χ1n) is 7.03. The molecule has 1 atom stereocenters. The predicted octanol–water partition coefficient (Wildman–Crippen LogP) is 2.13. The van der Waals surface area contributed by atoms with E-state index < -0.39 is 17.0 Å². The number of amides is 2. The number of nitro benzene ring substituents is 1. The van der Waals surface area contributed by atoms with Crippen LogP contribution in [0, 0.1) is 10.1 Å². The van der Waals surface area contributed by atoms with E-state index in [9.17, 15) is 20.0 Å². The molecule has 0 bridgehead atoms. The van der Waals surface area contributed by atoms with E-state index in [2.05, 4.69) is 10.6 Å². The van der Waals surface area contributed by atoms with Gasteiger partial charge in [-0.3, -0.25) is 10.1 Å². The highest BCUT2D eigenvalue weighted by Gasteiger charge is 2.13. The summed E-state index contributed by atoms with van der Waals surface area (Å²) in [5, 5.41) is 25.3. The zero-order chi connectivity index (χ0) is 16.7. The minimum Gasteiger partial charge on any atom is -0.394 e. The third-order valence-electron chi connectivity index (χ3n) is 3.29. The van der Waals surface area contributed by atoms with Crippen LogP contribution in [0.5, 0.6) is 0 Å². The Kier molecular flexibility index (Phi) is 5.65. The van der Waals surface area contributed by atoms with Crippen molar-refractivity contribution in [1.82, 2.24) is 10.6 Å². The molecule has 7 heteroatoms. The second-order valence-electron chi connectivity index (χ2n) is 4.90. The molecule has 0 aliphatic carbocycles. The fourth-order valence-electron chi connectivity index (χ4n) is 2.05. The Bertz CT molecular complexity index is 659. The molecule has 3 N–H and O–H groups in total. The molecule has 23 heavy (non-hydrogen) atoms. The van der Waals surface area contributed by atoms with Gasteiger partial charge in [0.2, 0.25) is 0 Å². The molecule has 0 fully saturated rings. The fourth-order valence-corrected chi connectivity index (χ4v) is 2.05. The quantitative estimate of drug-likeness (QED) is 0.561. The summed E-state index contributed by atoms with van der Waals surface area (Å²) in [5.41, 5.74) is 1.55. The summed E-state index contributed by atoms with van der Waals surface area (Å²) in [6.07, 6.45) is 0. The van der Waals surface area contributed by atoms with Gasteiger partial charge in [-0.15, -0.1) is 0 Å². The Morgan fingerprint density at radius 3 is 2.35 bits per heavy atom. The molecule has 0 aliphatic rings. The van der Waals surface area contributed by atoms with E-state index in [4.69, 9.17) is 0 Å². The molecule has 2 rings (SSSR count). The number of benzene rings is 2. The third kappa shape index (κ3) is 4.79. The van der Waals surface area contributed by atoms with E-state index in [1.165, 1.54) is 12.1 Å². The number of nitro groups is 1. The van der Waals surface area contributed by atoms with Crippen LogP contribution in [0.2, 0.25) is 0 Å². The van der Waals surface area contributed by atoms with Crippen molar-refractivity contribution >= 4 is 11.7 Å². The smallest absolute Gasteiger partial charge is 0.315 e. The van der Waals surface area contributed by atoms with Gasteiger partial charge < -0.3 is 15.7 Å². The van der Waals surface area contributed by atoms with Gasteiger partial charge in [0, 0.05) is 18.7 Å². The normalized spacial score (nSPS) is 11.5. The number of non-ortho nitro benzene ring substituents is 1. The largest absolute Gasteiger partial charge is 0.394 e. The summed E-state index contributed by atoms with van der Waals surface area (Å²) in [7, 11) is 0. The van der Waals surface area contributed by atoms with Crippen molar-refractivity contribution in [3.05, 3.63) is 75.8 Å². The van der Waals surface area contributed by atoms with E-state index in [1.54, 1.807) is 12.1 Å². The molecule has 0 radical (unpaired) electrons. The molecule has 0 heterocycles. The molecule has 0 aromatic heterocycles. The highest BCUT2D eigenvalue weighted by Crippen LogP contribution is 2.12. The Balaban J connectivity index is 1.88. The van der Waals surface area contributed by atoms with Crippen molar-refractivity contribution in [2.45, 2.75) is 12.6 Å². The number of carbonyl (C=O) groups excluding carboxylic acids is 1. The molecule has 2 aromatic rings. The van der Waals surface area contributed by atoms with E-state index in [1.807, 2.05) is 30.3 Å². The SMILES string of the molecule is O=C(NCc1ccc([N+](=O)[O-])cc1)N[C@H](CO)c1ccccc1. The Morgan fingerprint density at radius 2 is 1.78 bits per heavy atom. The lowest BCUT2D eigenvalue weighted by molar-refractivity contribution is -0.384. The second-order valence-corrected chi connectivity index (χ2v) is 4.90. The molecule has 0 saturated carbocycles. The van der Waals surface area contributed by atoms with E-state index in [-0.39, 0.29) is 18.8 Å². The Hall–Kier alpha value is -2.93. The van der Waals surface area contributed by atoms with Crippen LogP contribution < -0.4 is 10.6 Å². The predicted molar refractivity (Wildman–Crippen MR) is 84.7 cm³/mol. The summed E-state index contributed by atoms with van der Waals surface area (Å²) < 4.78 is 0. The summed E-state index contributed by atoms with van der Waals surface area (Å²) in [6, 6.07) is 14.2. The number of nitrogens with one attached hydrogen (secondary N) is 2. The Morgan fingerprint density at radius 1 is 1.13 bits per heavy atom. The monoisotopic (exact) mass is 315 g/mol. The van der Waals surface area contributed by atoms with Crippen LogP contribution in [-0.4, -0.2) is 22.7 Å². The van der Waals surface area contributed by atoms with Crippen molar-refractivity contribution in [3.8, 4) is 0 Å². The van der Waals surface area contributed by atoms with E-state index >= 15 is 0 Å². The van der Waals surface area contributed by atoms with Gasteiger partial charge in [-0.1, -0.05) is 42.5 Å². The fraction of sp³-hybridized carbons (Fsp3) is 0.188. The Labute approximate surface area is 133 Å². The molecule has 2 aromatic carbocycles. The summed E-state index contributed by atoms with van der Waals surface area (Å²) in [6.45, 7) is 0.0196. The molecule has 120 valence electrons. The van der Waals surface area contributed by atoms with Crippen LogP contribution in [-0.2, 0) is 6.54 Å². The zero-order valence-corrected chi connectivity index (χ0v) is 12.3. The van der Waals surface area contributed by atoms with Crippen molar-refractivity contribution in [2.75, 3.05) is 6.61 Å². The van der Waals surface area contributed by atoms with Crippen LogP contribution in [0.3, 0.4) is 0 Å². The minimum atomic E-state index is -0.493. The van der Waals surface area contributed by atoms with Gasteiger partial charge in [-0.2, -0.15) is 0 Å². The average Bonchev–Trinajstić information content (AvgIpc) is 2.59. The number of aliphatic hydroxyl groups excluding tert-OH is 1. The van der Waals surface area contributed by atoms with Crippen LogP contribution in [0.15, 0.2) is 54.6 Å². The van der Waals surface area contributed by atoms with Crippen LogP contribution >= 0.6 is 0 Å². The van der Waals surface area contributed by atoms with E-state index in [0.29, 0.717) is 0 Å². The highest BCUT2D eigenvalue weighted by molar-refractivity contribution is 5.74. The molecule has 0 spiro atoms. The lowest BCUT2D eigenvalue weighted by Gasteiger charge is -2.17. The van der Waals surface area contributed by atoms with Gasteiger partial charge in [0.25, 0.3) is 5.69 Å². The van der Waals surface area contributed by atoms with Gasteiger partial charge in [-0.25, -0.2) is 4.79 Å². The van der Waals surface area contributed by atoms with Crippen LogP contribution in [0.1, 0.15) is 17.2 Å². The number of hydrogen-bond donors (Lipinski definition) is 3. The number of hydrogen-bond acceptors (Lipinski definition) is 4. The first kappa shape index (κ1) is 16.4. The zero-order valence-electron chi connectivity index (χ0n) is 12.3. The molecule has 7 nitrogen and oxygen atoms in total. The maximum absolute atomic E-state index is 11.9. The first-order chi connectivity index (χ1) is 11.1. The van der Waals surface area contributed by atoms with E-state index in [0.717, 1.165) is 11.1 Å². The van der Waals surface area contributed by atoms with Crippen molar-refractivity contribution < 1.29 is 14.8 Å². The number of aliphatic hydroxyl groups is 1. The van der Waals surface area contributed by atoms with Crippen molar-refractivity contribution in [1.29, 1.82) is 0 Å². The lowest BCUT2D eigenvalue weighted by atomic mass is 10.1. The van der Waals surface area contributed by atoms with Crippen molar-refractivity contribution in [2.24, 2.45) is 0 Å². The van der Waals surface area contributed by atoms with Crippen LogP contribution in [0.4, 0.5) is 10.5 Å². The number of urea groups is 1. The maximum Gasteiger partial charge on any atom is 0.315 e. The summed E-state index contributed by atoms with van der Waals surface area (Å²) in [5.74, 6) is 0. The van der Waals surface area contributed by atoms with Crippen LogP contribution in [0.25, 0.3) is 0 Å². The minimum absolute atomic E-state index is 0.00243.